The lowest BCUT2D eigenvalue weighted by atomic mass is 10.1. The van der Waals surface area contributed by atoms with E-state index in [2.05, 4.69) is 10.3 Å². The van der Waals surface area contributed by atoms with Crippen LogP contribution in [-0.2, 0) is 13.0 Å². The quantitative estimate of drug-likeness (QED) is 0.849. The van der Waals surface area contributed by atoms with Crippen LogP contribution in [0, 0.1) is 0 Å². The van der Waals surface area contributed by atoms with E-state index in [9.17, 15) is 5.11 Å². The number of hydrogen-bond acceptors (Lipinski definition) is 5. The van der Waals surface area contributed by atoms with E-state index in [0.717, 1.165) is 17.7 Å². The van der Waals surface area contributed by atoms with Crippen LogP contribution < -0.4 is 10.1 Å². The van der Waals surface area contributed by atoms with Crippen molar-refractivity contribution in [3.05, 3.63) is 41.6 Å². The first-order valence-electron chi connectivity index (χ1n) is 6.68. The van der Waals surface area contributed by atoms with Crippen molar-refractivity contribution in [3.63, 3.8) is 0 Å². The number of ether oxygens (including phenoxy) is 1. The fourth-order valence-electron chi connectivity index (χ4n) is 1.96. The minimum atomic E-state index is -0.0158. The van der Waals surface area contributed by atoms with Crippen molar-refractivity contribution in [2.24, 2.45) is 0 Å². The third kappa shape index (κ3) is 3.30. The standard InChI is InChI=1S/C15H20N2O3/c1-4-11-8-17-15(20-11)9-16-10(2)13-6-5-12(19-3)7-14(13)18/h5-8,10,16,18H,4,9H2,1-3H3. The molecule has 0 aliphatic carbocycles. The highest BCUT2D eigenvalue weighted by molar-refractivity contribution is 5.41. The van der Waals surface area contributed by atoms with Crippen LogP contribution in [-0.4, -0.2) is 17.2 Å². The highest BCUT2D eigenvalue weighted by atomic mass is 16.5. The summed E-state index contributed by atoms with van der Waals surface area (Å²) in [7, 11) is 1.57. The molecule has 2 N–H and O–H groups in total. The van der Waals surface area contributed by atoms with Gasteiger partial charge >= 0.3 is 0 Å². The summed E-state index contributed by atoms with van der Waals surface area (Å²) in [5.41, 5.74) is 0.813. The van der Waals surface area contributed by atoms with E-state index in [4.69, 9.17) is 9.15 Å². The van der Waals surface area contributed by atoms with Crippen molar-refractivity contribution in [3.8, 4) is 11.5 Å². The molecular weight excluding hydrogens is 256 g/mol. The second-order valence-electron chi connectivity index (χ2n) is 4.60. The van der Waals surface area contributed by atoms with Crippen LogP contribution in [0.3, 0.4) is 0 Å². The maximum atomic E-state index is 9.97. The molecule has 1 aromatic heterocycles. The molecule has 1 heterocycles. The molecule has 5 nitrogen and oxygen atoms in total. The van der Waals surface area contributed by atoms with Crippen LogP contribution in [0.4, 0.5) is 0 Å². The van der Waals surface area contributed by atoms with E-state index in [0.29, 0.717) is 18.2 Å². The number of hydrogen-bond donors (Lipinski definition) is 2. The minimum Gasteiger partial charge on any atom is -0.507 e. The molecule has 0 aliphatic rings. The maximum absolute atomic E-state index is 9.97. The molecule has 0 amide bonds. The third-order valence-electron chi connectivity index (χ3n) is 3.21. The lowest BCUT2D eigenvalue weighted by Crippen LogP contribution is -2.18. The molecule has 2 aromatic rings. The first kappa shape index (κ1) is 14.4. The SMILES string of the molecule is CCc1cnc(CNC(C)c2ccc(OC)cc2O)o1. The predicted molar refractivity (Wildman–Crippen MR) is 75.8 cm³/mol. The van der Waals surface area contributed by atoms with Gasteiger partial charge in [0.25, 0.3) is 0 Å². The van der Waals surface area contributed by atoms with Gasteiger partial charge in [0.05, 0.1) is 19.9 Å². The van der Waals surface area contributed by atoms with Crippen molar-refractivity contribution in [2.75, 3.05) is 7.11 Å². The first-order chi connectivity index (χ1) is 9.63. The van der Waals surface area contributed by atoms with Gasteiger partial charge in [-0.2, -0.15) is 0 Å². The van der Waals surface area contributed by atoms with Gasteiger partial charge in [0, 0.05) is 24.1 Å². The van der Waals surface area contributed by atoms with Gasteiger partial charge < -0.3 is 19.6 Å². The van der Waals surface area contributed by atoms with Gasteiger partial charge in [-0.15, -0.1) is 0 Å². The van der Waals surface area contributed by atoms with Crippen molar-refractivity contribution in [2.45, 2.75) is 32.9 Å². The Morgan fingerprint density at radius 1 is 1.45 bits per heavy atom. The molecule has 1 atom stereocenters. The molecule has 0 spiro atoms. The summed E-state index contributed by atoms with van der Waals surface area (Å²) < 4.78 is 10.6. The molecule has 5 heteroatoms. The molecule has 0 saturated heterocycles. The van der Waals surface area contributed by atoms with Crippen LogP contribution in [0.15, 0.2) is 28.8 Å². The van der Waals surface area contributed by atoms with E-state index in [1.165, 1.54) is 0 Å². The predicted octanol–water partition coefficient (Wildman–Crippen LogP) is 2.80. The Morgan fingerprint density at radius 2 is 2.25 bits per heavy atom. The summed E-state index contributed by atoms with van der Waals surface area (Å²) in [6.45, 7) is 4.52. The smallest absolute Gasteiger partial charge is 0.208 e. The Bertz CT molecular complexity index is 566. The van der Waals surface area contributed by atoms with E-state index in [-0.39, 0.29) is 11.8 Å². The number of aryl methyl sites for hydroxylation is 1. The summed E-state index contributed by atoms with van der Waals surface area (Å²) in [5, 5.41) is 13.2. The van der Waals surface area contributed by atoms with Crippen molar-refractivity contribution in [1.82, 2.24) is 10.3 Å². The Kier molecular flexibility index (Phi) is 4.63. The molecule has 0 bridgehead atoms. The summed E-state index contributed by atoms with van der Waals surface area (Å²) in [5.74, 6) is 2.38. The first-order valence-corrected chi connectivity index (χ1v) is 6.68. The van der Waals surface area contributed by atoms with Gasteiger partial charge in [-0.1, -0.05) is 13.0 Å². The van der Waals surface area contributed by atoms with Gasteiger partial charge in [0.2, 0.25) is 5.89 Å². The highest BCUT2D eigenvalue weighted by Crippen LogP contribution is 2.28. The van der Waals surface area contributed by atoms with Crippen LogP contribution in [0.2, 0.25) is 0 Å². The molecular formula is C15H20N2O3. The van der Waals surface area contributed by atoms with Crippen LogP contribution >= 0.6 is 0 Å². The molecule has 20 heavy (non-hydrogen) atoms. The average molecular weight is 276 g/mol. The zero-order valence-electron chi connectivity index (χ0n) is 12.0. The Morgan fingerprint density at radius 3 is 2.85 bits per heavy atom. The highest BCUT2D eigenvalue weighted by Gasteiger charge is 2.12. The molecule has 1 unspecified atom stereocenters. The van der Waals surface area contributed by atoms with Gasteiger partial charge in [-0.3, -0.25) is 0 Å². The van der Waals surface area contributed by atoms with Crippen molar-refractivity contribution >= 4 is 0 Å². The summed E-state index contributed by atoms with van der Waals surface area (Å²) in [6, 6.07) is 5.26. The van der Waals surface area contributed by atoms with Gasteiger partial charge in [-0.25, -0.2) is 4.98 Å². The van der Waals surface area contributed by atoms with Crippen molar-refractivity contribution in [1.29, 1.82) is 0 Å². The van der Waals surface area contributed by atoms with E-state index >= 15 is 0 Å². The topological polar surface area (TPSA) is 67.5 Å². The van der Waals surface area contributed by atoms with Crippen LogP contribution in [0.25, 0.3) is 0 Å². The number of nitrogens with one attached hydrogen (secondary N) is 1. The maximum Gasteiger partial charge on any atom is 0.208 e. The number of nitrogens with zero attached hydrogens (tertiary/aromatic N) is 1. The zero-order chi connectivity index (χ0) is 14.5. The summed E-state index contributed by atoms with van der Waals surface area (Å²) >= 11 is 0. The second-order valence-corrected chi connectivity index (χ2v) is 4.60. The van der Waals surface area contributed by atoms with Gasteiger partial charge in [0.1, 0.15) is 17.3 Å². The zero-order valence-corrected chi connectivity index (χ0v) is 12.0. The number of phenolic OH excluding ortho intramolecular Hbond substituents is 1. The number of methoxy groups -OCH3 is 1. The number of rotatable bonds is 6. The normalized spacial score (nSPS) is 12.3. The number of aromatic nitrogens is 1. The largest absolute Gasteiger partial charge is 0.507 e. The van der Waals surface area contributed by atoms with E-state index in [1.807, 2.05) is 26.0 Å². The lowest BCUT2D eigenvalue weighted by Gasteiger charge is -2.15. The fourth-order valence-corrected chi connectivity index (χ4v) is 1.96. The Hall–Kier alpha value is -2.01. The summed E-state index contributed by atoms with van der Waals surface area (Å²) in [4.78, 5) is 4.19. The van der Waals surface area contributed by atoms with Crippen LogP contribution in [0.1, 0.15) is 37.1 Å². The van der Waals surface area contributed by atoms with E-state index < -0.39 is 0 Å². The summed E-state index contributed by atoms with van der Waals surface area (Å²) in [6.07, 6.45) is 2.58. The average Bonchev–Trinajstić information content (AvgIpc) is 2.92. The molecule has 0 saturated carbocycles. The van der Waals surface area contributed by atoms with Gasteiger partial charge in [0.15, 0.2) is 0 Å². The van der Waals surface area contributed by atoms with Crippen molar-refractivity contribution < 1.29 is 14.3 Å². The van der Waals surface area contributed by atoms with Gasteiger partial charge in [-0.05, 0) is 13.0 Å². The number of oxazole rings is 1. The van der Waals surface area contributed by atoms with Crippen LogP contribution in [0.5, 0.6) is 11.5 Å². The number of aromatic hydroxyl groups is 1. The number of benzene rings is 1. The molecule has 0 aliphatic heterocycles. The lowest BCUT2D eigenvalue weighted by molar-refractivity contribution is 0.399. The van der Waals surface area contributed by atoms with E-state index in [1.54, 1.807) is 19.4 Å². The fraction of sp³-hybridized carbons (Fsp3) is 0.400. The monoisotopic (exact) mass is 276 g/mol. The Balaban J connectivity index is 1.99. The second kappa shape index (κ2) is 6.43. The Labute approximate surface area is 118 Å². The molecule has 0 fully saturated rings. The number of phenols is 1. The molecule has 2 rings (SSSR count). The minimum absolute atomic E-state index is 0.0158. The third-order valence-corrected chi connectivity index (χ3v) is 3.21. The molecule has 108 valence electrons. The molecule has 1 aromatic carbocycles. The molecule has 0 radical (unpaired) electrons.